The number of pyridine rings is 1. The van der Waals surface area contributed by atoms with E-state index in [0.29, 0.717) is 17.7 Å². The molecule has 1 aliphatic rings. The zero-order valence-corrected chi connectivity index (χ0v) is 11.7. The minimum absolute atomic E-state index is 0.0658. The molecule has 1 heterocycles. The lowest BCUT2D eigenvalue weighted by Gasteiger charge is -2.34. The van der Waals surface area contributed by atoms with Gasteiger partial charge >= 0.3 is 5.69 Å². The first-order valence-corrected chi connectivity index (χ1v) is 6.87. The molecule has 19 heavy (non-hydrogen) atoms. The highest BCUT2D eigenvalue weighted by Gasteiger charge is 2.29. The zero-order chi connectivity index (χ0) is 14.0. The molecule has 1 N–H and O–H groups in total. The van der Waals surface area contributed by atoms with E-state index in [0.717, 1.165) is 12.1 Å². The average Bonchev–Trinajstić information content (AvgIpc) is 2.35. The van der Waals surface area contributed by atoms with Crippen LogP contribution in [0.5, 0.6) is 0 Å². The highest BCUT2D eigenvalue weighted by Crippen LogP contribution is 2.33. The Labute approximate surface area is 113 Å². The van der Waals surface area contributed by atoms with Gasteiger partial charge < -0.3 is 5.32 Å². The number of nitro groups is 1. The summed E-state index contributed by atoms with van der Waals surface area (Å²) in [6, 6.07) is 3.48. The maximum atomic E-state index is 11.0. The van der Waals surface area contributed by atoms with Crippen LogP contribution in [0.4, 0.5) is 11.5 Å². The Balaban J connectivity index is 2.22. The maximum Gasteiger partial charge on any atom is 0.311 e. The molecule has 0 spiro atoms. The number of hydrogen-bond acceptors (Lipinski definition) is 4. The number of aromatic nitrogens is 1. The molecule has 1 fully saturated rings. The van der Waals surface area contributed by atoms with E-state index in [-0.39, 0.29) is 16.7 Å². The predicted octanol–water partition coefficient (Wildman–Crippen LogP) is 3.53. The molecule has 0 bridgehead atoms. The van der Waals surface area contributed by atoms with Crippen molar-refractivity contribution in [1.29, 1.82) is 0 Å². The molecular formula is C14H21N3O2. The Morgan fingerprint density at radius 2 is 2.11 bits per heavy atom. The number of anilines is 1. The van der Waals surface area contributed by atoms with Crippen LogP contribution in [0.1, 0.15) is 38.8 Å². The van der Waals surface area contributed by atoms with E-state index in [1.165, 1.54) is 18.9 Å². The van der Waals surface area contributed by atoms with Crippen LogP contribution in [-0.4, -0.2) is 15.9 Å². The standard InChI is InChI=1S/C14H21N3O2/c1-9-5-4-6-12(11(9)3)16-14-13(17(18)19)8-7-10(2)15-14/h7-9,11-12H,4-6H2,1-3H3,(H,15,16). The number of hydrogen-bond donors (Lipinski definition) is 1. The van der Waals surface area contributed by atoms with Crippen molar-refractivity contribution in [2.75, 3.05) is 5.32 Å². The van der Waals surface area contributed by atoms with Crippen molar-refractivity contribution in [2.45, 2.75) is 46.1 Å². The van der Waals surface area contributed by atoms with Gasteiger partial charge in [-0.1, -0.05) is 26.7 Å². The van der Waals surface area contributed by atoms with Crippen LogP contribution in [0.3, 0.4) is 0 Å². The molecule has 0 aliphatic heterocycles. The summed E-state index contributed by atoms with van der Waals surface area (Å²) >= 11 is 0. The molecule has 5 heteroatoms. The SMILES string of the molecule is Cc1ccc([N+](=O)[O-])c(NC2CCCC(C)C2C)n1. The lowest BCUT2D eigenvalue weighted by atomic mass is 9.78. The Kier molecular flexibility index (Phi) is 4.02. The highest BCUT2D eigenvalue weighted by molar-refractivity contribution is 5.56. The van der Waals surface area contributed by atoms with Gasteiger partial charge in [0, 0.05) is 17.8 Å². The first-order chi connectivity index (χ1) is 8.99. The summed E-state index contributed by atoms with van der Waals surface area (Å²) in [4.78, 5) is 15.0. The van der Waals surface area contributed by atoms with Crippen molar-refractivity contribution in [3.05, 3.63) is 27.9 Å². The molecular weight excluding hydrogens is 242 g/mol. The summed E-state index contributed by atoms with van der Waals surface area (Å²) in [5.74, 6) is 1.57. The fourth-order valence-corrected chi connectivity index (χ4v) is 2.76. The second kappa shape index (κ2) is 5.55. The molecule has 2 rings (SSSR count). The molecule has 0 aromatic carbocycles. The molecule has 0 amide bonds. The van der Waals surface area contributed by atoms with Gasteiger partial charge in [-0.05, 0) is 31.2 Å². The van der Waals surface area contributed by atoms with E-state index in [2.05, 4.69) is 24.1 Å². The zero-order valence-electron chi connectivity index (χ0n) is 11.7. The third kappa shape index (κ3) is 3.03. The Bertz CT molecular complexity index is 476. The van der Waals surface area contributed by atoms with Crippen molar-refractivity contribution in [1.82, 2.24) is 4.98 Å². The van der Waals surface area contributed by atoms with Gasteiger partial charge in [0.2, 0.25) is 5.82 Å². The molecule has 1 aromatic rings. The van der Waals surface area contributed by atoms with Crippen molar-refractivity contribution < 1.29 is 4.92 Å². The van der Waals surface area contributed by atoms with Crippen LogP contribution in [-0.2, 0) is 0 Å². The van der Waals surface area contributed by atoms with Crippen LogP contribution in [0.25, 0.3) is 0 Å². The van der Waals surface area contributed by atoms with Crippen molar-refractivity contribution in [3.63, 3.8) is 0 Å². The Morgan fingerprint density at radius 1 is 1.37 bits per heavy atom. The van der Waals surface area contributed by atoms with Gasteiger partial charge in [-0.2, -0.15) is 0 Å². The maximum absolute atomic E-state index is 11.0. The summed E-state index contributed by atoms with van der Waals surface area (Å²) < 4.78 is 0. The fourth-order valence-electron chi connectivity index (χ4n) is 2.76. The molecule has 104 valence electrons. The number of nitrogens with one attached hydrogen (secondary N) is 1. The highest BCUT2D eigenvalue weighted by atomic mass is 16.6. The van der Waals surface area contributed by atoms with E-state index in [4.69, 9.17) is 0 Å². The van der Waals surface area contributed by atoms with Gasteiger partial charge in [-0.25, -0.2) is 4.98 Å². The largest absolute Gasteiger partial charge is 0.361 e. The molecule has 1 aliphatic carbocycles. The van der Waals surface area contributed by atoms with Crippen molar-refractivity contribution in [2.24, 2.45) is 11.8 Å². The average molecular weight is 263 g/mol. The molecule has 0 saturated heterocycles. The minimum Gasteiger partial charge on any atom is -0.361 e. The summed E-state index contributed by atoms with van der Waals surface area (Å²) in [6.07, 6.45) is 3.46. The van der Waals surface area contributed by atoms with Crippen LogP contribution in [0, 0.1) is 28.9 Å². The summed E-state index contributed by atoms with van der Waals surface area (Å²) in [7, 11) is 0. The number of aryl methyl sites for hydroxylation is 1. The van der Waals surface area contributed by atoms with Crippen LogP contribution >= 0.6 is 0 Å². The van der Waals surface area contributed by atoms with Crippen LogP contribution in [0.15, 0.2) is 12.1 Å². The first-order valence-electron chi connectivity index (χ1n) is 6.87. The summed E-state index contributed by atoms with van der Waals surface area (Å²) in [5.41, 5.74) is 0.862. The van der Waals surface area contributed by atoms with E-state index in [1.54, 1.807) is 6.07 Å². The molecule has 3 atom stereocenters. The predicted molar refractivity (Wildman–Crippen MR) is 75.2 cm³/mol. The van der Waals surface area contributed by atoms with Crippen LogP contribution < -0.4 is 5.32 Å². The van der Waals surface area contributed by atoms with E-state index in [9.17, 15) is 10.1 Å². The lowest BCUT2D eigenvalue weighted by Crippen LogP contribution is -2.35. The minimum atomic E-state index is -0.369. The quantitative estimate of drug-likeness (QED) is 0.669. The van der Waals surface area contributed by atoms with Gasteiger partial charge in [-0.3, -0.25) is 10.1 Å². The van der Waals surface area contributed by atoms with Crippen molar-refractivity contribution >= 4 is 11.5 Å². The molecule has 3 unspecified atom stereocenters. The monoisotopic (exact) mass is 263 g/mol. The number of rotatable bonds is 3. The van der Waals surface area contributed by atoms with E-state index < -0.39 is 0 Å². The number of nitrogens with zero attached hydrogens (tertiary/aromatic N) is 2. The first kappa shape index (κ1) is 13.8. The summed E-state index contributed by atoms with van der Waals surface area (Å²) in [5, 5.41) is 14.3. The lowest BCUT2D eigenvalue weighted by molar-refractivity contribution is -0.384. The second-order valence-corrected chi connectivity index (χ2v) is 5.60. The van der Waals surface area contributed by atoms with Gasteiger partial charge in [0.05, 0.1) is 4.92 Å². The molecule has 1 saturated carbocycles. The van der Waals surface area contributed by atoms with Gasteiger partial charge in [0.15, 0.2) is 0 Å². The van der Waals surface area contributed by atoms with E-state index >= 15 is 0 Å². The third-order valence-electron chi connectivity index (χ3n) is 4.24. The summed E-state index contributed by atoms with van der Waals surface area (Å²) in [6.45, 7) is 6.31. The van der Waals surface area contributed by atoms with Gasteiger partial charge in [-0.15, -0.1) is 0 Å². The smallest absolute Gasteiger partial charge is 0.311 e. The normalized spacial score (nSPS) is 27.0. The van der Waals surface area contributed by atoms with Crippen LogP contribution in [0.2, 0.25) is 0 Å². The molecule has 1 aromatic heterocycles. The molecule has 5 nitrogen and oxygen atoms in total. The topological polar surface area (TPSA) is 68.1 Å². The van der Waals surface area contributed by atoms with Crippen molar-refractivity contribution in [3.8, 4) is 0 Å². The molecule has 0 radical (unpaired) electrons. The van der Waals surface area contributed by atoms with Gasteiger partial charge in [0.25, 0.3) is 0 Å². The third-order valence-corrected chi connectivity index (χ3v) is 4.24. The van der Waals surface area contributed by atoms with Gasteiger partial charge in [0.1, 0.15) is 0 Å². The van der Waals surface area contributed by atoms with E-state index in [1.807, 2.05) is 6.92 Å². The fraction of sp³-hybridized carbons (Fsp3) is 0.643. The second-order valence-electron chi connectivity index (χ2n) is 5.60. The Hall–Kier alpha value is -1.65. The Morgan fingerprint density at radius 3 is 2.79 bits per heavy atom.